The molecule has 0 aliphatic carbocycles. The first kappa shape index (κ1) is 33.7. The van der Waals surface area contributed by atoms with Crippen LogP contribution in [-0.2, 0) is 24.1 Å². The standard InChI is InChI=1S/C23H20F3N3O2S.C12H12N2S/c1-31-21-12-16-8-11-29(20(16)13-19(21)23(24,25)26)22(30)28-17-4-2-15(3-5-17)14-32-18-6-9-27-10-7-18;13-11-3-1-10(2-4-11)9-15-12-5-7-14-8-6-12/h2-7,9-10,12-13H,8,11,14H2,1H3,(H,28,30);1-8H,9,13H2. The van der Waals surface area contributed by atoms with Crippen molar-refractivity contribution in [1.29, 1.82) is 0 Å². The molecular weight excluding hydrogens is 644 g/mol. The molecule has 2 aromatic heterocycles. The zero-order chi connectivity index (χ0) is 33.2. The van der Waals surface area contributed by atoms with Crippen molar-refractivity contribution in [2.24, 2.45) is 0 Å². The molecule has 47 heavy (non-hydrogen) atoms. The molecule has 0 unspecified atom stereocenters. The van der Waals surface area contributed by atoms with Crippen LogP contribution in [0.5, 0.6) is 5.75 Å². The number of nitrogens with one attached hydrogen (secondary N) is 1. The van der Waals surface area contributed by atoms with E-state index in [1.807, 2.05) is 60.9 Å². The van der Waals surface area contributed by atoms with Crippen LogP contribution < -0.4 is 20.7 Å². The summed E-state index contributed by atoms with van der Waals surface area (Å²) in [6, 6.07) is 25.2. The van der Waals surface area contributed by atoms with Crippen LogP contribution in [0.1, 0.15) is 22.3 Å². The van der Waals surface area contributed by atoms with E-state index in [-0.39, 0.29) is 11.4 Å². The fraction of sp³-hybridized carbons (Fsp3) is 0.171. The summed E-state index contributed by atoms with van der Waals surface area (Å²) < 4.78 is 45.1. The number of urea groups is 1. The zero-order valence-corrected chi connectivity index (χ0v) is 27.0. The average molecular weight is 676 g/mol. The number of carbonyl (C=O) groups excluding carboxylic acids is 1. The minimum atomic E-state index is -4.57. The summed E-state index contributed by atoms with van der Waals surface area (Å²) in [6.07, 6.45) is 2.99. The Labute approximate surface area is 279 Å². The number of hydrogen-bond donors (Lipinski definition) is 2. The van der Waals surface area contributed by atoms with Crippen molar-refractivity contribution in [1.82, 2.24) is 9.97 Å². The van der Waals surface area contributed by atoms with Crippen molar-refractivity contribution in [2.45, 2.75) is 33.9 Å². The topological polar surface area (TPSA) is 93.4 Å². The Hall–Kier alpha value is -4.68. The van der Waals surface area contributed by atoms with Gasteiger partial charge in [-0.1, -0.05) is 24.3 Å². The van der Waals surface area contributed by atoms with Crippen LogP contribution in [0.15, 0.2) is 120 Å². The van der Waals surface area contributed by atoms with Gasteiger partial charge in [-0.25, -0.2) is 4.79 Å². The van der Waals surface area contributed by atoms with Crippen LogP contribution in [0.25, 0.3) is 0 Å². The number of hydrogen-bond acceptors (Lipinski definition) is 7. The number of amides is 2. The SMILES string of the molecule is COc1cc2c(cc1C(F)(F)F)N(C(=O)Nc1ccc(CSc3ccncc3)cc1)CC2.Nc1ccc(CSc2ccncc2)cc1. The molecule has 1 aliphatic rings. The molecule has 3 heterocycles. The number of aromatic nitrogens is 2. The van der Waals surface area contributed by atoms with Gasteiger partial charge >= 0.3 is 12.2 Å². The van der Waals surface area contributed by atoms with E-state index in [1.165, 1.54) is 28.5 Å². The number of nitrogen functional groups attached to an aromatic ring is 1. The number of ether oxygens (including phenoxy) is 1. The van der Waals surface area contributed by atoms with Gasteiger partial charge in [-0.3, -0.25) is 14.9 Å². The lowest BCUT2D eigenvalue weighted by Gasteiger charge is -2.20. The number of carbonyl (C=O) groups is 1. The molecule has 0 fully saturated rings. The van der Waals surface area contributed by atoms with E-state index in [1.54, 1.807) is 48.1 Å². The number of alkyl halides is 3. The average Bonchev–Trinajstić information content (AvgIpc) is 3.51. The van der Waals surface area contributed by atoms with Crippen LogP contribution in [-0.4, -0.2) is 29.7 Å². The normalized spacial score (nSPS) is 12.1. The van der Waals surface area contributed by atoms with E-state index < -0.39 is 17.8 Å². The van der Waals surface area contributed by atoms with Crippen molar-refractivity contribution in [2.75, 3.05) is 29.6 Å². The van der Waals surface area contributed by atoms with E-state index >= 15 is 0 Å². The summed E-state index contributed by atoms with van der Waals surface area (Å²) in [6.45, 7) is 0.298. The van der Waals surface area contributed by atoms with E-state index in [2.05, 4.69) is 27.4 Å². The Balaban J connectivity index is 0.000000241. The maximum atomic E-state index is 13.4. The van der Waals surface area contributed by atoms with E-state index in [0.29, 0.717) is 24.2 Å². The van der Waals surface area contributed by atoms with Crippen LogP contribution >= 0.6 is 23.5 Å². The molecule has 5 aromatic rings. The highest BCUT2D eigenvalue weighted by molar-refractivity contribution is 7.98. The van der Waals surface area contributed by atoms with Gasteiger partial charge in [0.25, 0.3) is 0 Å². The molecule has 6 rings (SSSR count). The third kappa shape index (κ3) is 9.43. The lowest BCUT2D eigenvalue weighted by Crippen LogP contribution is -2.33. The van der Waals surface area contributed by atoms with Crippen LogP contribution in [0, 0.1) is 0 Å². The number of benzene rings is 3. The van der Waals surface area contributed by atoms with Gasteiger partial charge in [0.05, 0.1) is 12.7 Å². The zero-order valence-electron chi connectivity index (χ0n) is 25.4. The molecule has 0 atom stereocenters. The molecule has 0 saturated carbocycles. The maximum absolute atomic E-state index is 13.4. The van der Waals surface area contributed by atoms with Gasteiger partial charge < -0.3 is 15.8 Å². The highest BCUT2D eigenvalue weighted by atomic mass is 32.2. The summed E-state index contributed by atoms with van der Waals surface area (Å²) in [5, 5.41) is 2.77. The summed E-state index contributed by atoms with van der Waals surface area (Å²) >= 11 is 3.47. The number of methoxy groups -OCH3 is 1. The smallest absolute Gasteiger partial charge is 0.420 e. The number of fused-ring (bicyclic) bond motifs is 1. The first-order valence-corrected chi connectivity index (χ1v) is 16.5. The van der Waals surface area contributed by atoms with Gasteiger partial charge in [0.2, 0.25) is 0 Å². The minimum absolute atomic E-state index is 0.237. The van der Waals surface area contributed by atoms with Gasteiger partial charge in [-0.2, -0.15) is 13.2 Å². The summed E-state index contributed by atoms with van der Waals surface area (Å²) in [4.78, 5) is 24.4. The molecule has 0 radical (unpaired) electrons. The number of rotatable bonds is 8. The molecule has 3 N–H and O–H groups in total. The molecule has 3 aromatic carbocycles. The third-order valence-corrected chi connectivity index (χ3v) is 9.31. The molecule has 1 aliphatic heterocycles. The molecule has 0 spiro atoms. The number of pyridine rings is 2. The first-order valence-electron chi connectivity index (χ1n) is 14.6. The highest BCUT2D eigenvalue weighted by Crippen LogP contribution is 2.42. The lowest BCUT2D eigenvalue weighted by molar-refractivity contribution is -0.138. The molecular formula is C35H32F3N5O2S2. The number of nitrogens with two attached hydrogens (primary N) is 1. The Kier molecular flexibility index (Phi) is 11.3. The Morgan fingerprint density at radius 1 is 0.851 bits per heavy atom. The predicted molar refractivity (Wildman–Crippen MR) is 183 cm³/mol. The Morgan fingerprint density at radius 3 is 1.89 bits per heavy atom. The largest absolute Gasteiger partial charge is 0.496 e. The fourth-order valence-electron chi connectivity index (χ4n) is 4.71. The lowest BCUT2D eigenvalue weighted by atomic mass is 10.1. The van der Waals surface area contributed by atoms with Crippen molar-refractivity contribution < 1.29 is 22.7 Å². The van der Waals surface area contributed by atoms with Crippen molar-refractivity contribution in [3.05, 3.63) is 132 Å². The van der Waals surface area contributed by atoms with E-state index in [4.69, 9.17) is 10.5 Å². The van der Waals surface area contributed by atoms with E-state index in [9.17, 15) is 18.0 Å². The fourth-order valence-corrected chi connectivity index (χ4v) is 6.39. The van der Waals surface area contributed by atoms with Gasteiger partial charge in [0, 0.05) is 69.7 Å². The number of thioether (sulfide) groups is 2. The van der Waals surface area contributed by atoms with Crippen LogP contribution in [0.3, 0.4) is 0 Å². The molecule has 0 bridgehead atoms. The van der Waals surface area contributed by atoms with Crippen molar-refractivity contribution in [3.8, 4) is 5.75 Å². The van der Waals surface area contributed by atoms with Gasteiger partial charge in [-0.15, -0.1) is 23.5 Å². The van der Waals surface area contributed by atoms with Crippen LogP contribution in [0.2, 0.25) is 0 Å². The number of halogens is 3. The monoisotopic (exact) mass is 675 g/mol. The van der Waals surface area contributed by atoms with Gasteiger partial charge in [0.15, 0.2) is 0 Å². The molecule has 2 amide bonds. The van der Waals surface area contributed by atoms with Gasteiger partial charge in [-0.05, 0) is 83.8 Å². The molecule has 242 valence electrons. The second-order valence-corrected chi connectivity index (χ2v) is 12.5. The van der Waals surface area contributed by atoms with Gasteiger partial charge in [0.1, 0.15) is 5.75 Å². The summed E-state index contributed by atoms with van der Waals surface area (Å²) in [7, 11) is 1.20. The second kappa shape index (κ2) is 15.7. The van der Waals surface area contributed by atoms with Crippen LogP contribution in [0.4, 0.5) is 35.0 Å². The minimum Gasteiger partial charge on any atom is -0.496 e. The molecule has 0 saturated heterocycles. The summed E-state index contributed by atoms with van der Waals surface area (Å²) in [5.74, 6) is 1.49. The Bertz CT molecular complexity index is 1760. The third-order valence-electron chi connectivity index (χ3n) is 7.14. The van der Waals surface area contributed by atoms with Crippen molar-refractivity contribution in [3.63, 3.8) is 0 Å². The van der Waals surface area contributed by atoms with Crippen molar-refractivity contribution >= 4 is 46.6 Å². The Morgan fingerprint density at radius 2 is 1.38 bits per heavy atom. The number of nitrogens with zero attached hydrogens (tertiary/aromatic N) is 3. The maximum Gasteiger partial charge on any atom is 0.420 e. The highest BCUT2D eigenvalue weighted by Gasteiger charge is 2.37. The molecule has 7 nitrogen and oxygen atoms in total. The number of anilines is 3. The second-order valence-electron chi connectivity index (χ2n) is 10.4. The summed E-state index contributed by atoms with van der Waals surface area (Å²) in [5.41, 5.74) is 9.37. The van der Waals surface area contributed by atoms with E-state index in [0.717, 1.165) is 33.7 Å². The molecule has 12 heteroatoms. The predicted octanol–water partition coefficient (Wildman–Crippen LogP) is 8.95. The quantitative estimate of drug-likeness (QED) is 0.125. The first-order chi connectivity index (χ1) is 22.7.